The van der Waals surface area contributed by atoms with Crippen molar-refractivity contribution in [3.63, 3.8) is 0 Å². The molecule has 2 N–H and O–H groups in total. The van der Waals surface area contributed by atoms with Crippen molar-refractivity contribution in [1.29, 1.82) is 0 Å². The van der Waals surface area contributed by atoms with Gasteiger partial charge in [-0.1, -0.05) is 6.07 Å². The first kappa shape index (κ1) is 18.9. The number of ether oxygens (including phenoxy) is 3. The number of methoxy groups -OCH3 is 3. The molecule has 0 bridgehead atoms. The van der Waals surface area contributed by atoms with E-state index in [1.165, 1.54) is 0 Å². The molecule has 2 aromatic rings. The lowest BCUT2D eigenvalue weighted by Gasteiger charge is -2.14. The largest absolute Gasteiger partial charge is 0.496 e. The Balaban J connectivity index is 1.72. The molecule has 0 radical (unpaired) electrons. The fourth-order valence-electron chi connectivity index (χ4n) is 2.51. The molecule has 1 aromatic heterocycles. The summed E-state index contributed by atoms with van der Waals surface area (Å²) in [5.41, 5.74) is 1.05. The van der Waals surface area contributed by atoms with Crippen LogP contribution in [0, 0.1) is 0 Å². The summed E-state index contributed by atoms with van der Waals surface area (Å²) in [6.07, 6.45) is 3.95. The minimum absolute atomic E-state index is 0.670. The lowest BCUT2D eigenvalue weighted by molar-refractivity contribution is 0.347. The van der Waals surface area contributed by atoms with E-state index in [1.807, 2.05) is 30.3 Å². The van der Waals surface area contributed by atoms with Crippen LogP contribution in [-0.4, -0.2) is 39.4 Å². The molecule has 0 aliphatic rings. The highest BCUT2D eigenvalue weighted by Gasteiger charge is 2.11. The van der Waals surface area contributed by atoms with E-state index in [0.29, 0.717) is 11.5 Å². The predicted molar refractivity (Wildman–Crippen MR) is 99.8 cm³/mol. The highest BCUT2D eigenvalue weighted by Crippen LogP contribution is 2.34. The summed E-state index contributed by atoms with van der Waals surface area (Å²) in [6, 6.07) is 9.67. The zero-order valence-electron chi connectivity index (χ0n) is 15.2. The number of nitrogens with zero attached hydrogens (tertiary/aromatic N) is 1. The van der Waals surface area contributed by atoms with Crippen molar-refractivity contribution < 1.29 is 14.2 Å². The summed E-state index contributed by atoms with van der Waals surface area (Å²) in [7, 11) is 4.92. The van der Waals surface area contributed by atoms with Crippen LogP contribution in [0.2, 0.25) is 0 Å². The number of benzene rings is 1. The summed E-state index contributed by atoms with van der Waals surface area (Å²) >= 11 is 0. The first-order valence-corrected chi connectivity index (χ1v) is 8.43. The number of anilines is 1. The Morgan fingerprint density at radius 1 is 0.880 bits per heavy atom. The Morgan fingerprint density at radius 3 is 2.28 bits per heavy atom. The third kappa shape index (κ3) is 5.83. The van der Waals surface area contributed by atoms with Crippen LogP contribution in [0.3, 0.4) is 0 Å². The molecule has 2 rings (SSSR count). The molecule has 136 valence electrons. The van der Waals surface area contributed by atoms with Crippen LogP contribution in [0.1, 0.15) is 18.4 Å². The van der Waals surface area contributed by atoms with Gasteiger partial charge < -0.3 is 24.8 Å². The van der Waals surface area contributed by atoms with Crippen LogP contribution in [-0.2, 0) is 6.54 Å². The van der Waals surface area contributed by atoms with Crippen molar-refractivity contribution in [2.24, 2.45) is 0 Å². The van der Waals surface area contributed by atoms with Gasteiger partial charge in [0.1, 0.15) is 11.6 Å². The van der Waals surface area contributed by atoms with Crippen LogP contribution in [0.15, 0.2) is 36.5 Å². The summed E-state index contributed by atoms with van der Waals surface area (Å²) in [6.45, 7) is 2.57. The summed E-state index contributed by atoms with van der Waals surface area (Å²) in [4.78, 5) is 4.24. The molecule has 6 heteroatoms. The van der Waals surface area contributed by atoms with E-state index in [0.717, 1.165) is 49.6 Å². The molecule has 25 heavy (non-hydrogen) atoms. The van der Waals surface area contributed by atoms with Gasteiger partial charge in [-0.05, 0) is 37.6 Å². The molecule has 0 unspecified atom stereocenters. The minimum atomic E-state index is 0.670. The zero-order chi connectivity index (χ0) is 17.9. The standard InChI is InChI=1S/C19H27N3O3/c1-23-16-13-18(25-3)17(24-2)12-15(16)14-20-9-6-7-11-22-19-8-4-5-10-21-19/h4-5,8,10,12-13,20H,6-7,9,11,14H2,1-3H3,(H,21,22). The van der Waals surface area contributed by atoms with Crippen molar-refractivity contribution in [3.05, 3.63) is 42.1 Å². The minimum Gasteiger partial charge on any atom is -0.496 e. The van der Waals surface area contributed by atoms with E-state index in [1.54, 1.807) is 27.5 Å². The number of hydrogen-bond donors (Lipinski definition) is 2. The average Bonchev–Trinajstić information content (AvgIpc) is 2.67. The van der Waals surface area contributed by atoms with Crippen LogP contribution in [0.25, 0.3) is 0 Å². The first-order chi connectivity index (χ1) is 12.3. The smallest absolute Gasteiger partial charge is 0.164 e. The van der Waals surface area contributed by atoms with Crippen molar-refractivity contribution >= 4 is 5.82 Å². The number of hydrogen-bond acceptors (Lipinski definition) is 6. The van der Waals surface area contributed by atoms with Crippen molar-refractivity contribution in [2.75, 3.05) is 39.7 Å². The van der Waals surface area contributed by atoms with Gasteiger partial charge in [-0.15, -0.1) is 0 Å². The zero-order valence-corrected chi connectivity index (χ0v) is 15.2. The third-order valence-electron chi connectivity index (χ3n) is 3.85. The van der Waals surface area contributed by atoms with Crippen LogP contribution >= 0.6 is 0 Å². The maximum absolute atomic E-state index is 5.44. The average molecular weight is 345 g/mol. The van der Waals surface area contributed by atoms with Gasteiger partial charge in [0.25, 0.3) is 0 Å². The van der Waals surface area contributed by atoms with Crippen molar-refractivity contribution in [3.8, 4) is 17.2 Å². The van der Waals surface area contributed by atoms with E-state index in [2.05, 4.69) is 15.6 Å². The Hall–Kier alpha value is -2.47. The number of nitrogens with one attached hydrogen (secondary N) is 2. The normalized spacial score (nSPS) is 10.4. The molecule has 0 amide bonds. The Kier molecular flexibility index (Phi) is 7.85. The van der Waals surface area contributed by atoms with Gasteiger partial charge >= 0.3 is 0 Å². The summed E-state index contributed by atoms with van der Waals surface area (Å²) in [5, 5.41) is 6.75. The number of rotatable bonds is 11. The maximum atomic E-state index is 5.44. The van der Waals surface area contributed by atoms with E-state index in [4.69, 9.17) is 14.2 Å². The molecule has 0 aliphatic heterocycles. The molecule has 0 saturated carbocycles. The molecular weight excluding hydrogens is 318 g/mol. The number of unbranched alkanes of at least 4 members (excludes halogenated alkanes) is 1. The van der Waals surface area contributed by atoms with Gasteiger partial charge in [0, 0.05) is 30.9 Å². The monoisotopic (exact) mass is 345 g/mol. The second kappa shape index (κ2) is 10.4. The Bertz CT molecular complexity index is 635. The molecule has 1 heterocycles. The van der Waals surface area contributed by atoms with Crippen LogP contribution in [0.4, 0.5) is 5.82 Å². The summed E-state index contributed by atoms with van der Waals surface area (Å²) < 4.78 is 16.1. The topological polar surface area (TPSA) is 64.6 Å². The maximum Gasteiger partial charge on any atom is 0.164 e. The fraction of sp³-hybridized carbons (Fsp3) is 0.421. The van der Waals surface area contributed by atoms with Gasteiger partial charge in [0.15, 0.2) is 11.5 Å². The molecule has 0 spiro atoms. The van der Waals surface area contributed by atoms with E-state index in [-0.39, 0.29) is 0 Å². The highest BCUT2D eigenvalue weighted by atomic mass is 16.5. The predicted octanol–water partition coefficient (Wildman–Crippen LogP) is 3.09. The second-order valence-electron chi connectivity index (χ2n) is 5.54. The molecular formula is C19H27N3O3. The van der Waals surface area contributed by atoms with Crippen molar-refractivity contribution in [1.82, 2.24) is 10.3 Å². The lowest BCUT2D eigenvalue weighted by atomic mass is 10.1. The number of aromatic nitrogens is 1. The van der Waals surface area contributed by atoms with Crippen LogP contribution in [0.5, 0.6) is 17.2 Å². The van der Waals surface area contributed by atoms with Gasteiger partial charge in [-0.3, -0.25) is 0 Å². The Morgan fingerprint density at radius 2 is 1.60 bits per heavy atom. The van der Waals surface area contributed by atoms with Gasteiger partial charge in [-0.2, -0.15) is 0 Å². The summed E-state index contributed by atoms with van der Waals surface area (Å²) in [5.74, 6) is 3.09. The van der Waals surface area contributed by atoms with E-state index < -0.39 is 0 Å². The molecule has 0 aliphatic carbocycles. The molecule has 0 saturated heterocycles. The molecule has 1 aromatic carbocycles. The van der Waals surface area contributed by atoms with E-state index >= 15 is 0 Å². The van der Waals surface area contributed by atoms with Gasteiger partial charge in [0.05, 0.1) is 21.3 Å². The third-order valence-corrected chi connectivity index (χ3v) is 3.85. The highest BCUT2D eigenvalue weighted by molar-refractivity contribution is 5.50. The van der Waals surface area contributed by atoms with Gasteiger partial charge in [-0.25, -0.2) is 4.98 Å². The fourth-order valence-corrected chi connectivity index (χ4v) is 2.51. The Labute approximate surface area is 149 Å². The molecule has 0 atom stereocenters. The molecule has 6 nitrogen and oxygen atoms in total. The first-order valence-electron chi connectivity index (χ1n) is 8.43. The van der Waals surface area contributed by atoms with Gasteiger partial charge in [0.2, 0.25) is 0 Å². The van der Waals surface area contributed by atoms with Crippen molar-refractivity contribution in [2.45, 2.75) is 19.4 Å². The SMILES string of the molecule is COc1cc(OC)c(OC)cc1CNCCCCNc1ccccn1. The van der Waals surface area contributed by atoms with Crippen LogP contribution < -0.4 is 24.8 Å². The molecule has 0 fully saturated rings. The quantitative estimate of drug-likeness (QED) is 0.610. The second-order valence-corrected chi connectivity index (χ2v) is 5.54. The van der Waals surface area contributed by atoms with E-state index in [9.17, 15) is 0 Å². The number of pyridine rings is 1. The lowest BCUT2D eigenvalue weighted by Crippen LogP contribution is -2.16.